The average Bonchev–Trinajstić information content (AvgIpc) is 2.66. The Kier molecular flexibility index (Phi) is 3.10. The van der Waals surface area contributed by atoms with Gasteiger partial charge in [-0.25, -0.2) is 0 Å². The third-order valence-corrected chi connectivity index (χ3v) is 2.68. The van der Waals surface area contributed by atoms with E-state index in [1.165, 1.54) is 0 Å². The Morgan fingerprint density at radius 2 is 2.38 bits per heavy atom. The summed E-state index contributed by atoms with van der Waals surface area (Å²) in [7, 11) is 0. The molecular formula is C12H15NO3. The fraction of sp³-hybridized carbons (Fsp3) is 0.417. The number of ether oxygens (including phenoxy) is 1. The number of carboxylic acid groups (broad SMARTS) is 1. The van der Waals surface area contributed by atoms with Crippen molar-refractivity contribution in [3.8, 4) is 5.75 Å². The average molecular weight is 221 g/mol. The van der Waals surface area contributed by atoms with E-state index >= 15 is 0 Å². The molecule has 0 unspecified atom stereocenters. The Balaban J connectivity index is 1.94. The molecule has 1 heterocycles. The van der Waals surface area contributed by atoms with Crippen LogP contribution in [0.1, 0.15) is 12.0 Å². The number of hydrogen-bond donors (Lipinski definition) is 2. The van der Waals surface area contributed by atoms with Gasteiger partial charge in [0.05, 0.1) is 0 Å². The van der Waals surface area contributed by atoms with Crippen LogP contribution >= 0.6 is 0 Å². The summed E-state index contributed by atoms with van der Waals surface area (Å²) in [4.78, 5) is 10.7. The second-order valence-corrected chi connectivity index (χ2v) is 4.09. The summed E-state index contributed by atoms with van der Waals surface area (Å²) in [6.07, 6.45) is 0.464. The van der Waals surface area contributed by atoms with Crippen molar-refractivity contribution < 1.29 is 14.6 Å². The van der Waals surface area contributed by atoms with Crippen LogP contribution in [-0.2, 0) is 4.79 Å². The van der Waals surface area contributed by atoms with E-state index in [1.807, 2.05) is 31.2 Å². The van der Waals surface area contributed by atoms with Crippen LogP contribution < -0.4 is 10.1 Å². The lowest BCUT2D eigenvalue weighted by atomic mass is 10.2. The number of benzene rings is 1. The van der Waals surface area contributed by atoms with Gasteiger partial charge in [0.1, 0.15) is 17.9 Å². The van der Waals surface area contributed by atoms with Crippen LogP contribution in [-0.4, -0.2) is 29.8 Å². The van der Waals surface area contributed by atoms with E-state index in [4.69, 9.17) is 9.84 Å². The lowest BCUT2D eigenvalue weighted by molar-refractivity contribution is -0.139. The number of carboxylic acids is 1. The second-order valence-electron chi connectivity index (χ2n) is 4.09. The smallest absolute Gasteiger partial charge is 0.320 e. The Bertz CT molecular complexity index is 392. The highest BCUT2D eigenvalue weighted by molar-refractivity contribution is 5.73. The van der Waals surface area contributed by atoms with Gasteiger partial charge in [0.2, 0.25) is 0 Å². The van der Waals surface area contributed by atoms with Gasteiger partial charge in [0.15, 0.2) is 0 Å². The van der Waals surface area contributed by atoms with E-state index in [-0.39, 0.29) is 6.10 Å². The Hall–Kier alpha value is -1.55. The molecule has 86 valence electrons. The topological polar surface area (TPSA) is 58.6 Å². The summed E-state index contributed by atoms with van der Waals surface area (Å²) < 4.78 is 5.71. The number of aryl methyl sites for hydroxylation is 1. The van der Waals surface area contributed by atoms with E-state index in [2.05, 4.69) is 5.32 Å². The van der Waals surface area contributed by atoms with Gasteiger partial charge in [-0.15, -0.1) is 0 Å². The predicted octanol–water partition coefficient (Wildman–Crippen LogP) is 1.19. The molecule has 1 fully saturated rings. The molecule has 0 aromatic heterocycles. The summed E-state index contributed by atoms with van der Waals surface area (Å²) in [5.41, 5.74) is 1.14. The van der Waals surface area contributed by atoms with E-state index in [1.54, 1.807) is 0 Å². The predicted molar refractivity (Wildman–Crippen MR) is 59.6 cm³/mol. The standard InChI is InChI=1S/C12H15NO3/c1-8-3-2-4-9(5-8)16-10-6-11(12(14)15)13-7-10/h2-5,10-11,13H,6-7H2,1H3,(H,14,15)/t10-,11-/m0/s1. The first-order valence-electron chi connectivity index (χ1n) is 5.34. The highest BCUT2D eigenvalue weighted by atomic mass is 16.5. The molecule has 2 atom stereocenters. The quantitative estimate of drug-likeness (QED) is 0.805. The van der Waals surface area contributed by atoms with Crippen molar-refractivity contribution in [1.82, 2.24) is 5.32 Å². The van der Waals surface area contributed by atoms with Gasteiger partial charge in [0, 0.05) is 13.0 Å². The molecule has 0 spiro atoms. The van der Waals surface area contributed by atoms with E-state index in [0.717, 1.165) is 11.3 Å². The van der Waals surface area contributed by atoms with Gasteiger partial charge < -0.3 is 15.2 Å². The lowest BCUT2D eigenvalue weighted by Gasteiger charge is -2.12. The summed E-state index contributed by atoms with van der Waals surface area (Å²) in [6, 6.07) is 7.30. The minimum atomic E-state index is -0.810. The molecule has 2 N–H and O–H groups in total. The van der Waals surface area contributed by atoms with Gasteiger partial charge in [-0.1, -0.05) is 12.1 Å². The maximum absolute atomic E-state index is 10.7. The molecule has 4 nitrogen and oxygen atoms in total. The van der Waals surface area contributed by atoms with Crippen LogP contribution in [0.15, 0.2) is 24.3 Å². The number of carbonyl (C=O) groups is 1. The monoisotopic (exact) mass is 221 g/mol. The molecule has 1 aliphatic rings. The van der Waals surface area contributed by atoms with Gasteiger partial charge >= 0.3 is 5.97 Å². The summed E-state index contributed by atoms with van der Waals surface area (Å²) in [5, 5.41) is 11.7. The van der Waals surface area contributed by atoms with Crippen LogP contribution in [0.25, 0.3) is 0 Å². The van der Waals surface area contributed by atoms with E-state index in [9.17, 15) is 4.79 Å². The first kappa shape index (κ1) is 11.0. The van der Waals surface area contributed by atoms with Crippen molar-refractivity contribution in [3.63, 3.8) is 0 Å². The molecule has 16 heavy (non-hydrogen) atoms. The minimum absolute atomic E-state index is 0.0529. The zero-order chi connectivity index (χ0) is 11.5. The molecule has 2 rings (SSSR count). The maximum Gasteiger partial charge on any atom is 0.320 e. The molecule has 0 radical (unpaired) electrons. The normalized spacial score (nSPS) is 24.3. The first-order valence-corrected chi connectivity index (χ1v) is 5.34. The number of nitrogens with one attached hydrogen (secondary N) is 1. The number of hydrogen-bond acceptors (Lipinski definition) is 3. The molecular weight excluding hydrogens is 206 g/mol. The van der Waals surface area contributed by atoms with Gasteiger partial charge in [-0.05, 0) is 24.6 Å². The molecule has 0 bridgehead atoms. The Morgan fingerprint density at radius 3 is 3.00 bits per heavy atom. The first-order chi connectivity index (χ1) is 7.65. The van der Waals surface area contributed by atoms with E-state index < -0.39 is 12.0 Å². The van der Waals surface area contributed by atoms with Crippen LogP contribution in [0.3, 0.4) is 0 Å². The highest BCUT2D eigenvalue weighted by Crippen LogP contribution is 2.18. The molecule has 0 saturated carbocycles. The Labute approximate surface area is 94.2 Å². The third-order valence-electron chi connectivity index (χ3n) is 2.68. The molecule has 1 aromatic rings. The largest absolute Gasteiger partial charge is 0.489 e. The van der Waals surface area contributed by atoms with Crippen LogP contribution in [0.2, 0.25) is 0 Å². The van der Waals surface area contributed by atoms with Crippen LogP contribution in [0, 0.1) is 6.92 Å². The molecule has 0 amide bonds. The number of aliphatic carboxylic acids is 1. The van der Waals surface area contributed by atoms with Crippen molar-refractivity contribution >= 4 is 5.97 Å². The summed E-state index contributed by atoms with van der Waals surface area (Å²) in [6.45, 7) is 2.59. The van der Waals surface area contributed by atoms with Gasteiger partial charge in [-0.2, -0.15) is 0 Å². The van der Waals surface area contributed by atoms with Crippen molar-refractivity contribution in [2.24, 2.45) is 0 Å². The van der Waals surface area contributed by atoms with Crippen molar-refractivity contribution in [1.29, 1.82) is 0 Å². The highest BCUT2D eigenvalue weighted by Gasteiger charge is 2.30. The van der Waals surface area contributed by atoms with Crippen molar-refractivity contribution in [3.05, 3.63) is 29.8 Å². The molecule has 1 aliphatic heterocycles. The second kappa shape index (κ2) is 4.53. The van der Waals surface area contributed by atoms with Crippen LogP contribution in [0.5, 0.6) is 5.75 Å². The molecule has 1 saturated heterocycles. The fourth-order valence-corrected chi connectivity index (χ4v) is 1.86. The van der Waals surface area contributed by atoms with Gasteiger partial charge in [0.25, 0.3) is 0 Å². The summed E-state index contributed by atoms with van der Waals surface area (Å²) in [5.74, 6) is -0.00631. The minimum Gasteiger partial charge on any atom is -0.489 e. The molecule has 1 aromatic carbocycles. The molecule has 4 heteroatoms. The van der Waals surface area contributed by atoms with Crippen molar-refractivity contribution in [2.45, 2.75) is 25.5 Å². The maximum atomic E-state index is 10.7. The zero-order valence-corrected chi connectivity index (χ0v) is 9.14. The third kappa shape index (κ3) is 2.52. The Morgan fingerprint density at radius 1 is 1.56 bits per heavy atom. The van der Waals surface area contributed by atoms with Crippen LogP contribution in [0.4, 0.5) is 0 Å². The summed E-state index contributed by atoms with van der Waals surface area (Å²) >= 11 is 0. The zero-order valence-electron chi connectivity index (χ0n) is 9.14. The lowest BCUT2D eigenvalue weighted by Crippen LogP contribution is -2.30. The van der Waals surface area contributed by atoms with Crippen molar-refractivity contribution in [2.75, 3.05) is 6.54 Å². The molecule has 0 aliphatic carbocycles. The fourth-order valence-electron chi connectivity index (χ4n) is 1.86. The van der Waals surface area contributed by atoms with Gasteiger partial charge in [-0.3, -0.25) is 4.79 Å². The van der Waals surface area contributed by atoms with E-state index in [0.29, 0.717) is 13.0 Å². The SMILES string of the molecule is Cc1cccc(O[C@@H]2CN[C@H](C(=O)O)C2)c1. The number of rotatable bonds is 3.